The molecule has 21 heavy (non-hydrogen) atoms. The van der Waals surface area contributed by atoms with Crippen LogP contribution in [0.2, 0.25) is 0 Å². The van der Waals surface area contributed by atoms with Crippen molar-refractivity contribution in [2.24, 2.45) is 17.6 Å². The lowest BCUT2D eigenvalue weighted by Crippen LogP contribution is -2.34. The molecule has 1 aliphatic carbocycles. The fourth-order valence-corrected chi connectivity index (χ4v) is 3.88. The average Bonchev–Trinajstić information content (AvgIpc) is 3.04. The number of ether oxygens (including phenoxy) is 1. The van der Waals surface area contributed by atoms with Crippen molar-refractivity contribution < 1.29 is 9.53 Å². The lowest BCUT2D eigenvalue weighted by Gasteiger charge is -2.19. The predicted molar refractivity (Wildman–Crippen MR) is 85.0 cm³/mol. The van der Waals surface area contributed by atoms with E-state index < -0.39 is 0 Å². The van der Waals surface area contributed by atoms with Gasteiger partial charge in [-0.25, -0.2) is 0 Å². The summed E-state index contributed by atoms with van der Waals surface area (Å²) >= 11 is 3.43. The van der Waals surface area contributed by atoms with Crippen LogP contribution in [0.5, 0.6) is 5.75 Å². The molecule has 2 N–H and O–H groups in total. The van der Waals surface area contributed by atoms with Crippen molar-refractivity contribution in [2.75, 3.05) is 19.7 Å². The summed E-state index contributed by atoms with van der Waals surface area (Å²) in [6.45, 7) is 2.13. The number of hydrogen-bond donors (Lipinski definition) is 1. The topological polar surface area (TPSA) is 55.6 Å². The summed E-state index contributed by atoms with van der Waals surface area (Å²) in [5.41, 5.74) is 6.11. The molecular weight excluding hydrogens is 332 g/mol. The molecule has 1 amide bonds. The minimum absolute atomic E-state index is 0.184. The predicted octanol–water partition coefficient (Wildman–Crippen LogP) is 2.41. The van der Waals surface area contributed by atoms with Gasteiger partial charge in [-0.3, -0.25) is 4.79 Å². The van der Waals surface area contributed by atoms with E-state index in [-0.39, 0.29) is 11.9 Å². The minimum Gasteiger partial charge on any atom is -0.492 e. The van der Waals surface area contributed by atoms with Gasteiger partial charge in [-0.2, -0.15) is 0 Å². The number of halogens is 1. The van der Waals surface area contributed by atoms with Crippen molar-refractivity contribution in [1.29, 1.82) is 0 Å². The van der Waals surface area contributed by atoms with Crippen LogP contribution in [0.3, 0.4) is 0 Å². The number of carbonyl (C=O) groups is 1. The van der Waals surface area contributed by atoms with E-state index in [0.717, 1.165) is 29.7 Å². The molecule has 0 aromatic heterocycles. The van der Waals surface area contributed by atoms with Gasteiger partial charge in [0.25, 0.3) is 0 Å². The summed E-state index contributed by atoms with van der Waals surface area (Å²) in [7, 11) is 0. The maximum Gasteiger partial charge on any atom is 0.226 e. The molecule has 114 valence electrons. The third-order valence-electron chi connectivity index (χ3n) is 4.68. The highest BCUT2D eigenvalue weighted by atomic mass is 79.9. The maximum absolute atomic E-state index is 12.3. The standard InChI is InChI=1S/C16H21BrN2O2/c17-13-3-1-2-4-15(13)21-8-7-16(20)19-9-11-5-6-14(18)12(11)10-19/h1-4,11-12,14H,5-10,18H2. The fraction of sp³-hybridized carbons (Fsp3) is 0.562. The van der Waals surface area contributed by atoms with E-state index in [2.05, 4.69) is 15.9 Å². The highest BCUT2D eigenvalue weighted by Gasteiger charge is 2.42. The molecule has 3 unspecified atom stereocenters. The van der Waals surface area contributed by atoms with Crippen LogP contribution in [0.1, 0.15) is 19.3 Å². The van der Waals surface area contributed by atoms with Crippen LogP contribution in [0, 0.1) is 11.8 Å². The van der Waals surface area contributed by atoms with Gasteiger partial charge in [0.05, 0.1) is 17.5 Å². The SMILES string of the molecule is NC1CCC2CN(C(=O)CCOc3ccccc3Br)CC12. The van der Waals surface area contributed by atoms with E-state index in [0.29, 0.717) is 24.9 Å². The number of likely N-dealkylation sites (tertiary alicyclic amines) is 1. The number of hydrogen-bond acceptors (Lipinski definition) is 3. The second kappa shape index (κ2) is 6.36. The number of nitrogens with two attached hydrogens (primary N) is 1. The van der Waals surface area contributed by atoms with E-state index >= 15 is 0 Å². The Hall–Kier alpha value is -1.07. The number of para-hydroxylation sites is 1. The van der Waals surface area contributed by atoms with Crippen LogP contribution in [0.4, 0.5) is 0 Å². The highest BCUT2D eigenvalue weighted by Crippen LogP contribution is 2.37. The highest BCUT2D eigenvalue weighted by molar-refractivity contribution is 9.10. The third-order valence-corrected chi connectivity index (χ3v) is 5.33. The molecule has 3 rings (SSSR count). The molecule has 1 saturated heterocycles. The van der Waals surface area contributed by atoms with Crippen LogP contribution in [0.25, 0.3) is 0 Å². The van der Waals surface area contributed by atoms with Crippen molar-refractivity contribution >= 4 is 21.8 Å². The second-order valence-electron chi connectivity index (χ2n) is 5.99. The molecule has 5 heteroatoms. The molecule has 2 fully saturated rings. The smallest absolute Gasteiger partial charge is 0.226 e. The molecule has 2 aliphatic rings. The first-order valence-electron chi connectivity index (χ1n) is 7.56. The van der Waals surface area contributed by atoms with E-state index in [1.165, 1.54) is 6.42 Å². The van der Waals surface area contributed by atoms with Crippen LogP contribution in [-0.4, -0.2) is 36.5 Å². The van der Waals surface area contributed by atoms with Crippen LogP contribution in [-0.2, 0) is 4.79 Å². The van der Waals surface area contributed by atoms with Gasteiger partial charge >= 0.3 is 0 Å². The lowest BCUT2D eigenvalue weighted by atomic mass is 9.98. The van der Waals surface area contributed by atoms with E-state index in [4.69, 9.17) is 10.5 Å². The van der Waals surface area contributed by atoms with Gasteiger partial charge in [0, 0.05) is 19.1 Å². The van der Waals surface area contributed by atoms with Gasteiger partial charge in [0.15, 0.2) is 0 Å². The van der Waals surface area contributed by atoms with Crippen molar-refractivity contribution in [3.63, 3.8) is 0 Å². The summed E-state index contributed by atoms with van der Waals surface area (Å²) in [5.74, 6) is 2.10. The number of nitrogens with zero attached hydrogens (tertiary/aromatic N) is 1. The summed E-state index contributed by atoms with van der Waals surface area (Å²) < 4.78 is 6.58. The number of carbonyl (C=O) groups excluding carboxylic acids is 1. The zero-order chi connectivity index (χ0) is 14.8. The second-order valence-corrected chi connectivity index (χ2v) is 6.85. The molecule has 0 radical (unpaired) electrons. The molecule has 0 bridgehead atoms. The number of rotatable bonds is 4. The Morgan fingerprint density at radius 3 is 2.90 bits per heavy atom. The van der Waals surface area contributed by atoms with Gasteiger partial charge < -0.3 is 15.4 Å². The fourth-order valence-electron chi connectivity index (χ4n) is 3.48. The zero-order valence-corrected chi connectivity index (χ0v) is 13.6. The lowest BCUT2D eigenvalue weighted by molar-refractivity contribution is -0.131. The molecule has 1 aliphatic heterocycles. The minimum atomic E-state index is 0.184. The summed E-state index contributed by atoms with van der Waals surface area (Å²) in [4.78, 5) is 14.2. The monoisotopic (exact) mass is 352 g/mol. The van der Waals surface area contributed by atoms with E-state index in [1.54, 1.807) is 0 Å². The summed E-state index contributed by atoms with van der Waals surface area (Å²) in [5, 5.41) is 0. The normalized spacial score (nSPS) is 27.7. The number of fused-ring (bicyclic) bond motifs is 1. The van der Waals surface area contributed by atoms with Crippen molar-refractivity contribution in [1.82, 2.24) is 4.90 Å². The Balaban J connectivity index is 1.46. The van der Waals surface area contributed by atoms with Gasteiger partial charge in [-0.1, -0.05) is 12.1 Å². The maximum atomic E-state index is 12.3. The largest absolute Gasteiger partial charge is 0.492 e. The Bertz CT molecular complexity index is 523. The molecule has 1 saturated carbocycles. The molecule has 4 nitrogen and oxygen atoms in total. The summed E-state index contributed by atoms with van der Waals surface area (Å²) in [6.07, 6.45) is 2.71. The van der Waals surface area contributed by atoms with Crippen LogP contribution in [0.15, 0.2) is 28.7 Å². The van der Waals surface area contributed by atoms with Crippen molar-refractivity contribution in [3.8, 4) is 5.75 Å². The van der Waals surface area contributed by atoms with Crippen molar-refractivity contribution in [3.05, 3.63) is 28.7 Å². The Kier molecular flexibility index (Phi) is 4.50. The first kappa shape index (κ1) is 14.9. The van der Waals surface area contributed by atoms with Crippen LogP contribution >= 0.6 is 15.9 Å². The first-order chi connectivity index (χ1) is 10.1. The molecule has 1 heterocycles. The van der Waals surface area contributed by atoms with Crippen molar-refractivity contribution in [2.45, 2.75) is 25.3 Å². The Morgan fingerprint density at radius 2 is 2.14 bits per heavy atom. The van der Waals surface area contributed by atoms with E-state index in [9.17, 15) is 4.79 Å². The third kappa shape index (κ3) is 3.24. The average molecular weight is 353 g/mol. The molecule has 1 aromatic rings. The quantitative estimate of drug-likeness (QED) is 0.905. The Labute approximate surface area is 133 Å². The molecule has 3 atom stereocenters. The van der Waals surface area contributed by atoms with Gasteiger partial charge in [0.2, 0.25) is 5.91 Å². The van der Waals surface area contributed by atoms with Gasteiger partial charge in [-0.15, -0.1) is 0 Å². The first-order valence-corrected chi connectivity index (χ1v) is 8.35. The zero-order valence-electron chi connectivity index (χ0n) is 12.0. The molecule has 0 spiro atoms. The van der Waals surface area contributed by atoms with Gasteiger partial charge in [0.1, 0.15) is 5.75 Å². The van der Waals surface area contributed by atoms with Gasteiger partial charge in [-0.05, 0) is 52.7 Å². The number of benzene rings is 1. The molecular formula is C16H21BrN2O2. The number of amides is 1. The van der Waals surface area contributed by atoms with E-state index in [1.807, 2.05) is 29.2 Å². The summed E-state index contributed by atoms with van der Waals surface area (Å²) in [6, 6.07) is 7.97. The van der Waals surface area contributed by atoms with Crippen LogP contribution < -0.4 is 10.5 Å². The Morgan fingerprint density at radius 1 is 1.33 bits per heavy atom. The molecule has 1 aromatic carbocycles.